The lowest BCUT2D eigenvalue weighted by Gasteiger charge is -2.34. The fourth-order valence-corrected chi connectivity index (χ4v) is 2.91. The van der Waals surface area contributed by atoms with E-state index < -0.39 is 0 Å². The second-order valence-corrected chi connectivity index (χ2v) is 6.30. The van der Waals surface area contributed by atoms with Crippen LogP contribution in [-0.2, 0) is 17.6 Å². The molecule has 1 aliphatic heterocycles. The minimum atomic E-state index is -0.0349. The van der Waals surface area contributed by atoms with Crippen molar-refractivity contribution in [1.29, 1.82) is 0 Å². The smallest absolute Gasteiger partial charge is 0.317 e. The van der Waals surface area contributed by atoms with Crippen LogP contribution < -0.4 is 5.32 Å². The van der Waals surface area contributed by atoms with Gasteiger partial charge in [-0.3, -0.25) is 4.79 Å². The summed E-state index contributed by atoms with van der Waals surface area (Å²) in [7, 11) is 0. The number of hydrogen-bond donors (Lipinski definition) is 1. The molecule has 1 heterocycles. The molecule has 1 aromatic carbocycles. The highest BCUT2D eigenvalue weighted by Crippen LogP contribution is 2.11. The average molecular weight is 331 g/mol. The zero-order valence-corrected chi connectivity index (χ0v) is 14.9. The van der Waals surface area contributed by atoms with E-state index >= 15 is 0 Å². The predicted octanol–water partition coefficient (Wildman–Crippen LogP) is 2.45. The van der Waals surface area contributed by atoms with Gasteiger partial charge in [-0.1, -0.05) is 37.6 Å². The molecule has 132 valence electrons. The molecule has 1 aromatic rings. The Morgan fingerprint density at radius 1 is 0.958 bits per heavy atom. The molecule has 5 heteroatoms. The van der Waals surface area contributed by atoms with Crippen LogP contribution in [0.15, 0.2) is 24.3 Å². The van der Waals surface area contributed by atoms with Crippen molar-refractivity contribution in [1.82, 2.24) is 15.1 Å². The molecule has 0 aliphatic carbocycles. The first-order valence-electron chi connectivity index (χ1n) is 9.02. The van der Waals surface area contributed by atoms with Gasteiger partial charge in [0.25, 0.3) is 0 Å². The van der Waals surface area contributed by atoms with Crippen LogP contribution >= 0.6 is 0 Å². The van der Waals surface area contributed by atoms with Gasteiger partial charge in [-0.15, -0.1) is 0 Å². The van der Waals surface area contributed by atoms with Crippen molar-refractivity contribution in [2.75, 3.05) is 32.7 Å². The Morgan fingerprint density at radius 2 is 1.54 bits per heavy atom. The predicted molar refractivity (Wildman–Crippen MR) is 96.0 cm³/mol. The first kappa shape index (κ1) is 18.3. The topological polar surface area (TPSA) is 52.7 Å². The molecular formula is C19H29N3O2. The summed E-state index contributed by atoms with van der Waals surface area (Å²) >= 11 is 0. The van der Waals surface area contributed by atoms with Crippen LogP contribution in [0.4, 0.5) is 4.79 Å². The molecule has 1 N–H and O–H groups in total. The normalized spacial score (nSPS) is 14.6. The van der Waals surface area contributed by atoms with Gasteiger partial charge in [0.05, 0.1) is 6.42 Å². The highest BCUT2D eigenvalue weighted by molar-refractivity contribution is 5.79. The quantitative estimate of drug-likeness (QED) is 0.870. The number of benzene rings is 1. The molecule has 0 saturated carbocycles. The third kappa shape index (κ3) is 5.25. The number of urea groups is 1. The number of rotatable bonds is 6. The Morgan fingerprint density at radius 3 is 2.12 bits per heavy atom. The number of aryl methyl sites for hydroxylation is 1. The van der Waals surface area contributed by atoms with Crippen LogP contribution in [0, 0.1) is 0 Å². The highest BCUT2D eigenvalue weighted by atomic mass is 16.2. The molecule has 24 heavy (non-hydrogen) atoms. The van der Waals surface area contributed by atoms with Crippen molar-refractivity contribution in [3.8, 4) is 0 Å². The molecule has 1 saturated heterocycles. The summed E-state index contributed by atoms with van der Waals surface area (Å²) in [4.78, 5) is 27.9. The molecule has 0 unspecified atom stereocenters. The van der Waals surface area contributed by atoms with E-state index in [0.29, 0.717) is 39.1 Å². The standard InChI is InChI=1S/C19H29N3O2/c1-3-5-6-16-7-9-17(10-8-16)15-18(23)21-11-13-22(14-12-21)19(24)20-4-2/h7-10H,3-6,11-15H2,1-2H3,(H,20,24). The zero-order chi connectivity index (χ0) is 17.4. The minimum Gasteiger partial charge on any atom is -0.339 e. The van der Waals surface area contributed by atoms with E-state index in [1.54, 1.807) is 4.90 Å². The maximum Gasteiger partial charge on any atom is 0.317 e. The average Bonchev–Trinajstić information content (AvgIpc) is 2.61. The van der Waals surface area contributed by atoms with E-state index in [-0.39, 0.29) is 11.9 Å². The number of amides is 3. The molecule has 1 fully saturated rings. The van der Waals surface area contributed by atoms with Crippen molar-refractivity contribution in [2.24, 2.45) is 0 Å². The van der Waals surface area contributed by atoms with Gasteiger partial charge in [0.1, 0.15) is 0 Å². The van der Waals surface area contributed by atoms with Crippen LogP contribution in [0.5, 0.6) is 0 Å². The minimum absolute atomic E-state index is 0.0349. The number of hydrogen-bond acceptors (Lipinski definition) is 2. The monoisotopic (exact) mass is 331 g/mol. The van der Waals surface area contributed by atoms with Gasteiger partial charge < -0.3 is 15.1 Å². The number of nitrogens with zero attached hydrogens (tertiary/aromatic N) is 2. The Labute approximate surface area is 145 Å². The molecule has 5 nitrogen and oxygen atoms in total. The van der Waals surface area contributed by atoms with Crippen molar-refractivity contribution >= 4 is 11.9 Å². The number of piperazine rings is 1. The van der Waals surface area contributed by atoms with Gasteiger partial charge in [0.15, 0.2) is 0 Å². The summed E-state index contributed by atoms with van der Waals surface area (Å²) in [6, 6.07) is 8.35. The van der Waals surface area contributed by atoms with Gasteiger partial charge >= 0.3 is 6.03 Å². The molecule has 0 spiro atoms. The summed E-state index contributed by atoms with van der Waals surface area (Å²) in [6.07, 6.45) is 3.94. The van der Waals surface area contributed by atoms with Gasteiger partial charge in [0, 0.05) is 32.7 Å². The van der Waals surface area contributed by atoms with Crippen molar-refractivity contribution in [3.05, 3.63) is 35.4 Å². The van der Waals surface area contributed by atoms with Crippen molar-refractivity contribution < 1.29 is 9.59 Å². The number of nitrogens with one attached hydrogen (secondary N) is 1. The maximum atomic E-state index is 12.4. The maximum absolute atomic E-state index is 12.4. The Kier molecular flexibility index (Phi) is 7.09. The molecule has 2 rings (SSSR count). The van der Waals surface area contributed by atoms with Crippen LogP contribution in [0.25, 0.3) is 0 Å². The van der Waals surface area contributed by atoms with Crippen LogP contribution in [0.3, 0.4) is 0 Å². The molecule has 0 bridgehead atoms. The van der Waals surface area contributed by atoms with Crippen LogP contribution in [-0.4, -0.2) is 54.5 Å². The van der Waals surface area contributed by atoms with E-state index in [0.717, 1.165) is 12.0 Å². The van der Waals surface area contributed by atoms with Gasteiger partial charge in [0.2, 0.25) is 5.91 Å². The van der Waals surface area contributed by atoms with E-state index in [2.05, 4.69) is 36.5 Å². The summed E-state index contributed by atoms with van der Waals surface area (Å²) in [5.41, 5.74) is 2.40. The lowest BCUT2D eigenvalue weighted by Crippen LogP contribution is -2.53. The molecular weight excluding hydrogens is 302 g/mol. The Balaban J connectivity index is 1.80. The third-order valence-corrected chi connectivity index (χ3v) is 4.44. The molecule has 1 aliphatic rings. The van der Waals surface area contributed by atoms with E-state index in [4.69, 9.17) is 0 Å². The second kappa shape index (κ2) is 9.30. The van der Waals surface area contributed by atoms with E-state index in [1.807, 2.05) is 11.8 Å². The van der Waals surface area contributed by atoms with E-state index in [9.17, 15) is 9.59 Å². The fraction of sp³-hybridized carbons (Fsp3) is 0.579. The lowest BCUT2D eigenvalue weighted by molar-refractivity contribution is -0.131. The highest BCUT2D eigenvalue weighted by Gasteiger charge is 2.23. The molecule has 0 aromatic heterocycles. The second-order valence-electron chi connectivity index (χ2n) is 6.30. The summed E-state index contributed by atoms with van der Waals surface area (Å²) in [6.45, 7) is 7.17. The SMILES string of the molecule is CCCCc1ccc(CC(=O)N2CCN(C(=O)NCC)CC2)cc1. The molecule has 3 amide bonds. The van der Waals surface area contributed by atoms with E-state index in [1.165, 1.54) is 18.4 Å². The van der Waals surface area contributed by atoms with Crippen LogP contribution in [0.1, 0.15) is 37.8 Å². The van der Waals surface area contributed by atoms with Crippen molar-refractivity contribution in [3.63, 3.8) is 0 Å². The third-order valence-electron chi connectivity index (χ3n) is 4.44. The number of carbonyl (C=O) groups excluding carboxylic acids is 2. The zero-order valence-electron chi connectivity index (χ0n) is 14.9. The van der Waals surface area contributed by atoms with Gasteiger partial charge in [-0.2, -0.15) is 0 Å². The lowest BCUT2D eigenvalue weighted by atomic mass is 10.0. The van der Waals surface area contributed by atoms with Crippen molar-refractivity contribution in [2.45, 2.75) is 39.5 Å². The molecule has 0 radical (unpaired) electrons. The first-order chi connectivity index (χ1) is 11.6. The largest absolute Gasteiger partial charge is 0.339 e. The summed E-state index contributed by atoms with van der Waals surface area (Å²) in [5.74, 6) is 0.145. The fourth-order valence-electron chi connectivity index (χ4n) is 2.91. The van der Waals surface area contributed by atoms with Gasteiger partial charge in [-0.25, -0.2) is 4.79 Å². The number of carbonyl (C=O) groups is 2. The summed E-state index contributed by atoms with van der Waals surface area (Å²) in [5, 5.41) is 2.80. The van der Waals surface area contributed by atoms with Gasteiger partial charge in [-0.05, 0) is 30.9 Å². The molecule has 0 atom stereocenters. The Hall–Kier alpha value is -2.04. The number of unbranched alkanes of at least 4 members (excludes halogenated alkanes) is 1. The Bertz CT molecular complexity index is 534. The summed E-state index contributed by atoms with van der Waals surface area (Å²) < 4.78 is 0. The van der Waals surface area contributed by atoms with Crippen LogP contribution in [0.2, 0.25) is 0 Å². The first-order valence-corrected chi connectivity index (χ1v) is 9.02.